The van der Waals surface area contributed by atoms with Gasteiger partial charge in [-0.3, -0.25) is 0 Å². The van der Waals surface area contributed by atoms with Gasteiger partial charge in [0.15, 0.2) is 0 Å². The summed E-state index contributed by atoms with van der Waals surface area (Å²) in [5.74, 6) is 0. The summed E-state index contributed by atoms with van der Waals surface area (Å²) in [7, 11) is 0. The molecule has 0 fully saturated rings. The van der Waals surface area contributed by atoms with Gasteiger partial charge in [-0.2, -0.15) is 4.37 Å². The normalized spacial score (nSPS) is 12.7. The molecule has 0 bridgehead atoms. The van der Waals surface area contributed by atoms with Crippen LogP contribution in [0, 0.1) is 13.8 Å². The van der Waals surface area contributed by atoms with Crippen LogP contribution >= 0.6 is 11.5 Å². The van der Waals surface area contributed by atoms with Crippen molar-refractivity contribution in [3.8, 4) is 0 Å². The van der Waals surface area contributed by atoms with Gasteiger partial charge in [-0.05, 0) is 30.9 Å². The van der Waals surface area contributed by atoms with Crippen LogP contribution in [-0.4, -0.2) is 9.48 Å². The van der Waals surface area contributed by atoms with Crippen molar-refractivity contribution in [1.29, 1.82) is 0 Å². The largest absolute Gasteiger partial charge is 0.384 e. The van der Waals surface area contributed by atoms with Crippen molar-refractivity contribution in [2.75, 3.05) is 0 Å². The maximum Gasteiger partial charge on any atom is 0.107 e. The molecule has 1 atom stereocenters. The van der Waals surface area contributed by atoms with E-state index in [2.05, 4.69) is 4.37 Å². The Bertz CT molecular complexity index is 430. The molecule has 1 unspecified atom stereocenters. The molecular formula is C12H13NOS. The predicted molar refractivity (Wildman–Crippen MR) is 62.1 cm³/mol. The van der Waals surface area contributed by atoms with Crippen molar-refractivity contribution in [1.82, 2.24) is 4.37 Å². The van der Waals surface area contributed by atoms with Gasteiger partial charge in [-0.25, -0.2) is 0 Å². The summed E-state index contributed by atoms with van der Waals surface area (Å²) in [6.45, 7) is 3.93. The molecule has 15 heavy (non-hydrogen) atoms. The smallest absolute Gasteiger partial charge is 0.107 e. The molecule has 78 valence electrons. The van der Waals surface area contributed by atoms with Gasteiger partial charge in [0, 0.05) is 10.4 Å². The number of aliphatic hydroxyl groups is 1. The number of nitrogens with zero attached hydrogens (tertiary/aromatic N) is 1. The highest BCUT2D eigenvalue weighted by molar-refractivity contribution is 7.05. The molecule has 0 aliphatic rings. The fraction of sp³-hybridized carbons (Fsp3) is 0.250. The molecule has 0 radical (unpaired) electrons. The monoisotopic (exact) mass is 219 g/mol. The maximum absolute atomic E-state index is 10.2. The number of aliphatic hydroxyl groups excluding tert-OH is 1. The van der Waals surface area contributed by atoms with E-state index in [1.807, 2.05) is 44.2 Å². The molecule has 0 aliphatic carbocycles. The molecule has 1 N–H and O–H groups in total. The number of aromatic nitrogens is 1. The quantitative estimate of drug-likeness (QED) is 0.842. The average Bonchev–Trinajstić information content (AvgIpc) is 2.59. The van der Waals surface area contributed by atoms with Gasteiger partial charge < -0.3 is 5.11 Å². The summed E-state index contributed by atoms with van der Waals surface area (Å²) >= 11 is 1.44. The highest BCUT2D eigenvalue weighted by atomic mass is 32.1. The molecule has 0 saturated carbocycles. The van der Waals surface area contributed by atoms with E-state index >= 15 is 0 Å². The van der Waals surface area contributed by atoms with E-state index in [0.717, 1.165) is 21.7 Å². The van der Waals surface area contributed by atoms with Crippen LogP contribution in [0.1, 0.15) is 27.8 Å². The molecule has 0 aliphatic heterocycles. The van der Waals surface area contributed by atoms with Gasteiger partial charge in [0.1, 0.15) is 6.10 Å². The number of rotatable bonds is 2. The first-order valence-corrected chi connectivity index (χ1v) is 5.63. The Hall–Kier alpha value is -1.19. The minimum absolute atomic E-state index is 0.551. The number of hydrogen-bond acceptors (Lipinski definition) is 3. The third-order valence-electron chi connectivity index (χ3n) is 2.48. The lowest BCUT2D eigenvalue weighted by atomic mass is 10.0. The molecule has 0 spiro atoms. The fourth-order valence-corrected chi connectivity index (χ4v) is 2.41. The average molecular weight is 219 g/mol. The van der Waals surface area contributed by atoms with Crippen molar-refractivity contribution in [2.24, 2.45) is 0 Å². The zero-order valence-electron chi connectivity index (χ0n) is 8.77. The Morgan fingerprint density at radius 1 is 1.20 bits per heavy atom. The van der Waals surface area contributed by atoms with Crippen LogP contribution < -0.4 is 0 Å². The summed E-state index contributed by atoms with van der Waals surface area (Å²) < 4.78 is 4.24. The van der Waals surface area contributed by atoms with Gasteiger partial charge in [0.2, 0.25) is 0 Å². The lowest BCUT2D eigenvalue weighted by Crippen LogP contribution is -2.01. The van der Waals surface area contributed by atoms with Crippen LogP contribution in [0.5, 0.6) is 0 Å². The molecule has 3 heteroatoms. The highest BCUT2D eigenvalue weighted by Gasteiger charge is 2.17. The molecular weight excluding hydrogens is 206 g/mol. The van der Waals surface area contributed by atoms with E-state index in [-0.39, 0.29) is 0 Å². The summed E-state index contributed by atoms with van der Waals surface area (Å²) in [5, 5.41) is 10.2. The lowest BCUT2D eigenvalue weighted by molar-refractivity contribution is 0.219. The molecule has 2 nitrogen and oxygen atoms in total. The Morgan fingerprint density at radius 3 is 2.40 bits per heavy atom. The molecule has 1 aromatic heterocycles. The van der Waals surface area contributed by atoms with E-state index in [0.29, 0.717) is 0 Å². The van der Waals surface area contributed by atoms with Crippen LogP contribution in [0.4, 0.5) is 0 Å². The highest BCUT2D eigenvalue weighted by Crippen LogP contribution is 2.29. The van der Waals surface area contributed by atoms with Crippen LogP contribution in [0.25, 0.3) is 0 Å². The van der Waals surface area contributed by atoms with Gasteiger partial charge in [-0.1, -0.05) is 30.3 Å². The molecule has 1 aromatic carbocycles. The van der Waals surface area contributed by atoms with Gasteiger partial charge in [-0.15, -0.1) is 0 Å². The third-order valence-corrected chi connectivity index (χ3v) is 3.34. The number of aryl methyl sites for hydroxylation is 2. The SMILES string of the molecule is Cc1nsc(C)c1C(O)c1ccccc1. The topological polar surface area (TPSA) is 33.1 Å². The number of hydrogen-bond donors (Lipinski definition) is 1. The molecule has 0 saturated heterocycles. The summed E-state index contributed by atoms with van der Waals surface area (Å²) in [5.41, 5.74) is 2.80. The van der Waals surface area contributed by atoms with Crippen LogP contribution in [0.3, 0.4) is 0 Å². The van der Waals surface area contributed by atoms with Crippen molar-refractivity contribution >= 4 is 11.5 Å². The van der Waals surface area contributed by atoms with E-state index in [1.54, 1.807) is 0 Å². The standard InChI is InChI=1S/C12H13NOS/c1-8-11(9(2)15-13-8)12(14)10-6-4-3-5-7-10/h3-7,12,14H,1-2H3. The van der Waals surface area contributed by atoms with Gasteiger partial charge in [0.05, 0.1) is 5.69 Å². The molecule has 0 amide bonds. The Kier molecular flexibility index (Phi) is 2.84. The summed E-state index contributed by atoms with van der Waals surface area (Å²) in [6, 6.07) is 9.68. The first-order chi connectivity index (χ1) is 7.20. The van der Waals surface area contributed by atoms with Crippen molar-refractivity contribution in [2.45, 2.75) is 20.0 Å². The fourth-order valence-electron chi connectivity index (χ4n) is 1.68. The minimum atomic E-state index is -0.551. The minimum Gasteiger partial charge on any atom is -0.384 e. The lowest BCUT2D eigenvalue weighted by Gasteiger charge is -2.11. The maximum atomic E-state index is 10.2. The molecule has 1 heterocycles. The first kappa shape index (κ1) is 10.3. The summed E-state index contributed by atoms with van der Waals surface area (Å²) in [6.07, 6.45) is -0.551. The van der Waals surface area contributed by atoms with E-state index in [9.17, 15) is 5.11 Å². The second-order valence-electron chi connectivity index (χ2n) is 3.55. The Morgan fingerprint density at radius 2 is 1.87 bits per heavy atom. The van der Waals surface area contributed by atoms with Crippen molar-refractivity contribution < 1.29 is 5.11 Å². The second-order valence-corrected chi connectivity index (χ2v) is 4.53. The molecule has 2 rings (SSSR count). The third kappa shape index (κ3) is 1.94. The van der Waals surface area contributed by atoms with Crippen LogP contribution in [-0.2, 0) is 0 Å². The first-order valence-electron chi connectivity index (χ1n) is 4.86. The van der Waals surface area contributed by atoms with E-state index in [4.69, 9.17) is 0 Å². The predicted octanol–water partition coefficient (Wildman–Crippen LogP) is 2.84. The summed E-state index contributed by atoms with van der Waals surface area (Å²) in [4.78, 5) is 1.09. The zero-order chi connectivity index (χ0) is 10.8. The van der Waals surface area contributed by atoms with Gasteiger partial charge in [0.25, 0.3) is 0 Å². The second kappa shape index (κ2) is 4.13. The van der Waals surface area contributed by atoms with Crippen molar-refractivity contribution in [3.63, 3.8) is 0 Å². The Labute approximate surface area is 93.4 Å². The van der Waals surface area contributed by atoms with E-state index in [1.165, 1.54) is 11.5 Å². The van der Waals surface area contributed by atoms with Crippen LogP contribution in [0.15, 0.2) is 30.3 Å². The van der Waals surface area contributed by atoms with E-state index < -0.39 is 6.10 Å². The van der Waals surface area contributed by atoms with Crippen LogP contribution in [0.2, 0.25) is 0 Å². The van der Waals surface area contributed by atoms with Gasteiger partial charge >= 0.3 is 0 Å². The number of benzene rings is 1. The molecule has 2 aromatic rings. The Balaban J connectivity index is 2.41. The zero-order valence-corrected chi connectivity index (χ0v) is 9.58. The van der Waals surface area contributed by atoms with Crippen molar-refractivity contribution in [3.05, 3.63) is 52.0 Å².